The van der Waals surface area contributed by atoms with Crippen molar-refractivity contribution in [2.24, 2.45) is 11.8 Å². The third-order valence-electron chi connectivity index (χ3n) is 5.20. The van der Waals surface area contributed by atoms with Crippen LogP contribution in [0.2, 0.25) is 0 Å². The van der Waals surface area contributed by atoms with Gasteiger partial charge in [-0.15, -0.1) is 0 Å². The van der Waals surface area contributed by atoms with E-state index in [1.165, 1.54) is 13.2 Å². The van der Waals surface area contributed by atoms with Crippen LogP contribution in [0.25, 0.3) is 0 Å². The molecule has 1 saturated carbocycles. The quantitative estimate of drug-likeness (QED) is 0.235. The van der Waals surface area contributed by atoms with Crippen LogP contribution < -0.4 is 21.3 Å². The highest BCUT2D eigenvalue weighted by Gasteiger charge is 2.34. The molecule has 0 aromatic rings. The molecule has 4 amide bonds. The minimum atomic E-state index is -1.22. The summed E-state index contributed by atoms with van der Waals surface area (Å²) in [5.74, 6) is -2.73. The van der Waals surface area contributed by atoms with Crippen LogP contribution in [0.3, 0.4) is 0 Å². The van der Waals surface area contributed by atoms with Crippen molar-refractivity contribution in [1.82, 2.24) is 21.3 Å². The predicted octanol–water partition coefficient (Wildman–Crippen LogP) is 0.169. The van der Waals surface area contributed by atoms with Crippen LogP contribution in [0.15, 0.2) is 0 Å². The molecule has 1 aliphatic carbocycles. The van der Waals surface area contributed by atoms with Gasteiger partial charge in [-0.2, -0.15) is 0 Å². The molecule has 0 saturated heterocycles. The highest BCUT2D eigenvalue weighted by Crippen LogP contribution is 2.18. The summed E-state index contributed by atoms with van der Waals surface area (Å²) in [5.41, 5.74) is 0. The molecule has 10 nitrogen and oxygen atoms in total. The molecule has 1 aliphatic rings. The fourth-order valence-corrected chi connectivity index (χ4v) is 3.96. The number of rotatable bonds is 15. The topological polar surface area (TPSA) is 151 Å². The Kier molecular flexibility index (Phi) is 12.4. The van der Waals surface area contributed by atoms with E-state index in [1.54, 1.807) is 0 Å². The Labute approximate surface area is 204 Å². The van der Waals surface area contributed by atoms with Crippen LogP contribution >= 0.6 is 0 Å². The minimum Gasteiger partial charge on any atom is -0.347 e. The summed E-state index contributed by atoms with van der Waals surface area (Å²) in [5, 5.41) is 10.5. The zero-order valence-corrected chi connectivity index (χ0v) is 21.9. The van der Waals surface area contributed by atoms with Gasteiger partial charge in [-0.1, -0.05) is 27.7 Å². The average molecular weight is 501 g/mol. The van der Waals surface area contributed by atoms with E-state index in [1.807, 2.05) is 27.7 Å². The molecular weight excluding hydrogens is 460 g/mol. The van der Waals surface area contributed by atoms with E-state index in [4.69, 9.17) is 0 Å². The van der Waals surface area contributed by atoms with Crippen LogP contribution in [0.5, 0.6) is 0 Å². The van der Waals surface area contributed by atoms with E-state index >= 15 is 0 Å². The van der Waals surface area contributed by atoms with Crippen molar-refractivity contribution in [3.63, 3.8) is 0 Å². The van der Waals surface area contributed by atoms with Crippen molar-refractivity contribution in [2.75, 3.05) is 12.0 Å². The fourth-order valence-electron chi connectivity index (χ4n) is 3.39. The molecule has 0 radical (unpaired) electrons. The van der Waals surface area contributed by atoms with E-state index in [9.17, 15) is 28.2 Å². The summed E-state index contributed by atoms with van der Waals surface area (Å²) >= 11 is 0. The van der Waals surface area contributed by atoms with E-state index in [-0.39, 0.29) is 36.0 Å². The van der Waals surface area contributed by atoms with E-state index < -0.39 is 52.4 Å². The van der Waals surface area contributed by atoms with Gasteiger partial charge in [-0.25, -0.2) is 0 Å². The number of nitrogens with one attached hydrogen (secondary N) is 4. The normalized spacial score (nSPS) is 16.8. The van der Waals surface area contributed by atoms with E-state index in [0.717, 1.165) is 12.8 Å². The number of ketones is 1. The maximum Gasteiger partial charge on any atom is 0.289 e. The average Bonchev–Trinajstić information content (AvgIpc) is 3.52. The van der Waals surface area contributed by atoms with Gasteiger partial charge in [0.05, 0.1) is 6.04 Å². The summed E-state index contributed by atoms with van der Waals surface area (Å²) in [4.78, 5) is 62.6. The molecule has 0 bridgehead atoms. The van der Waals surface area contributed by atoms with Crippen LogP contribution in [-0.2, 0) is 34.8 Å². The molecular formula is C23H40N4O6S. The molecule has 0 aliphatic heterocycles. The fraction of sp³-hybridized carbons (Fsp3) is 0.783. The van der Waals surface area contributed by atoms with Crippen LogP contribution in [0.1, 0.15) is 66.7 Å². The lowest BCUT2D eigenvalue weighted by atomic mass is 9.99. The molecule has 1 rings (SSSR count). The van der Waals surface area contributed by atoms with Crippen molar-refractivity contribution in [1.29, 1.82) is 0 Å². The summed E-state index contributed by atoms with van der Waals surface area (Å²) in [6.07, 6.45) is 3.82. The minimum absolute atomic E-state index is 0.0206. The van der Waals surface area contributed by atoms with Gasteiger partial charge >= 0.3 is 0 Å². The molecule has 0 heterocycles. The lowest BCUT2D eigenvalue weighted by molar-refractivity contribution is -0.140. The monoisotopic (exact) mass is 500 g/mol. The Morgan fingerprint density at radius 3 is 1.71 bits per heavy atom. The second kappa shape index (κ2) is 14.2. The van der Waals surface area contributed by atoms with Crippen molar-refractivity contribution < 1.29 is 28.2 Å². The number of hydrogen-bond donors (Lipinski definition) is 4. The molecule has 11 heteroatoms. The molecule has 0 aromatic carbocycles. The number of Topliss-reactive ketones (excluding diaryl/α,β-unsaturated/α-hetero) is 1. The molecule has 4 atom stereocenters. The second-order valence-electron chi connectivity index (χ2n) is 9.81. The molecule has 0 spiro atoms. The number of amides is 4. The van der Waals surface area contributed by atoms with Gasteiger partial charge in [0.15, 0.2) is 0 Å². The van der Waals surface area contributed by atoms with Gasteiger partial charge < -0.3 is 21.3 Å². The highest BCUT2D eigenvalue weighted by atomic mass is 32.2. The third kappa shape index (κ3) is 11.7. The first-order valence-electron chi connectivity index (χ1n) is 11.8. The molecule has 0 aromatic heterocycles. The maximum atomic E-state index is 13.1. The first-order valence-corrected chi connectivity index (χ1v) is 13.5. The van der Waals surface area contributed by atoms with Crippen molar-refractivity contribution in [3.8, 4) is 0 Å². The molecule has 4 N–H and O–H groups in total. The van der Waals surface area contributed by atoms with Crippen LogP contribution in [-0.4, -0.2) is 69.8 Å². The first kappa shape index (κ1) is 29.7. The highest BCUT2D eigenvalue weighted by molar-refractivity contribution is 7.84. The first-order chi connectivity index (χ1) is 15.8. The standard InChI is InChI=1S/C23H40N4O6S/c1-13(2)11-18(24-15(5)28)21(30)27-19(12-14(3)4)22(31)26-17(9-10-34(6)33)20(29)23(32)25-16-7-8-16/h13-14,16-19H,7-12H2,1-6H3,(H,24,28)(H,25,32)(H,26,31)(H,27,30)/t17-,18-,19-,34?/m0/s1. The molecule has 1 fully saturated rings. The van der Waals surface area contributed by atoms with Crippen LogP contribution in [0.4, 0.5) is 0 Å². The van der Waals surface area contributed by atoms with Gasteiger partial charge in [0.1, 0.15) is 12.1 Å². The van der Waals surface area contributed by atoms with Crippen molar-refractivity contribution in [3.05, 3.63) is 0 Å². The Balaban J connectivity index is 2.98. The summed E-state index contributed by atoms with van der Waals surface area (Å²) in [7, 11) is -1.22. The number of hydrogen-bond acceptors (Lipinski definition) is 6. The molecule has 34 heavy (non-hydrogen) atoms. The summed E-state index contributed by atoms with van der Waals surface area (Å²) in [6, 6.07) is -2.94. The van der Waals surface area contributed by atoms with E-state index in [2.05, 4.69) is 21.3 Å². The SMILES string of the molecule is CC(=O)N[C@@H](CC(C)C)C(=O)N[C@@H](CC(C)C)C(=O)N[C@@H](CCS(C)=O)C(=O)C(=O)NC1CC1. The largest absolute Gasteiger partial charge is 0.347 e. The zero-order chi connectivity index (χ0) is 26.0. The third-order valence-corrected chi connectivity index (χ3v) is 6.02. The van der Waals surface area contributed by atoms with E-state index in [0.29, 0.717) is 12.8 Å². The number of carbonyl (C=O) groups is 5. The smallest absolute Gasteiger partial charge is 0.289 e. The lowest BCUT2D eigenvalue weighted by Crippen LogP contribution is -2.57. The molecule has 1 unspecified atom stereocenters. The summed E-state index contributed by atoms with van der Waals surface area (Å²) < 4.78 is 11.6. The maximum absolute atomic E-state index is 13.1. The van der Waals surface area contributed by atoms with Gasteiger partial charge in [0.25, 0.3) is 5.91 Å². The Hall–Kier alpha value is -2.30. The summed E-state index contributed by atoms with van der Waals surface area (Å²) in [6.45, 7) is 8.93. The predicted molar refractivity (Wildman–Crippen MR) is 130 cm³/mol. The van der Waals surface area contributed by atoms with Crippen molar-refractivity contribution >= 4 is 40.2 Å². The van der Waals surface area contributed by atoms with Gasteiger partial charge in [-0.3, -0.25) is 28.2 Å². The second-order valence-corrected chi connectivity index (χ2v) is 11.4. The zero-order valence-electron chi connectivity index (χ0n) is 21.1. The lowest BCUT2D eigenvalue weighted by Gasteiger charge is -2.26. The Morgan fingerprint density at radius 1 is 0.824 bits per heavy atom. The van der Waals surface area contributed by atoms with Gasteiger partial charge in [-0.05, 0) is 43.9 Å². The Morgan fingerprint density at radius 2 is 1.29 bits per heavy atom. The Bertz CT molecular complexity index is 781. The van der Waals surface area contributed by atoms with Gasteiger partial charge in [0, 0.05) is 35.8 Å². The molecule has 194 valence electrons. The van der Waals surface area contributed by atoms with Crippen molar-refractivity contribution in [2.45, 2.75) is 90.9 Å². The van der Waals surface area contributed by atoms with Gasteiger partial charge in [0.2, 0.25) is 23.5 Å². The number of carbonyl (C=O) groups excluding carboxylic acids is 5. The van der Waals surface area contributed by atoms with Crippen LogP contribution in [0, 0.1) is 11.8 Å².